The number of fused-ring (bicyclic) bond motifs is 2. The molecule has 36 heavy (non-hydrogen) atoms. The molecule has 1 amide bonds. The Hall–Kier alpha value is -2.72. The van der Waals surface area contributed by atoms with Crippen LogP contribution in [-0.4, -0.2) is 28.4 Å². The number of hydrogen-bond donors (Lipinski definition) is 1. The second-order valence-corrected chi connectivity index (χ2v) is 12.4. The fourth-order valence-corrected chi connectivity index (χ4v) is 8.61. The number of carbonyl (C=O) groups is 1. The van der Waals surface area contributed by atoms with Gasteiger partial charge < -0.3 is 5.32 Å². The number of aromatic nitrogens is 1. The molecule has 5 aliphatic rings. The minimum Gasteiger partial charge on any atom is -0.349 e. The summed E-state index contributed by atoms with van der Waals surface area (Å²) in [4.78, 5) is 21.6. The predicted molar refractivity (Wildman–Crippen MR) is 144 cm³/mol. The molecule has 4 aliphatic carbocycles. The Balaban J connectivity index is 1.20. The van der Waals surface area contributed by atoms with Gasteiger partial charge in [-0.2, -0.15) is 0 Å². The van der Waals surface area contributed by atoms with Crippen LogP contribution < -0.4 is 5.32 Å². The molecule has 0 spiro atoms. The van der Waals surface area contributed by atoms with E-state index in [0.717, 1.165) is 71.5 Å². The largest absolute Gasteiger partial charge is 0.349 e. The number of carbonyl (C=O) groups excluding carboxylic acids is 1. The first-order valence-electron chi connectivity index (χ1n) is 14.0. The molecular formula is C32H37N3O. The third kappa shape index (κ3) is 3.85. The maximum Gasteiger partial charge on any atom is 0.252 e. The van der Waals surface area contributed by atoms with Crippen molar-refractivity contribution in [2.45, 2.75) is 71.0 Å². The maximum absolute atomic E-state index is 14.1. The van der Waals surface area contributed by atoms with Crippen LogP contribution in [0.3, 0.4) is 0 Å². The summed E-state index contributed by atoms with van der Waals surface area (Å²) in [5.41, 5.74) is 5.66. The van der Waals surface area contributed by atoms with E-state index in [1.54, 1.807) is 0 Å². The molecular weight excluding hydrogens is 442 g/mol. The Morgan fingerprint density at radius 1 is 1.00 bits per heavy atom. The molecule has 1 aliphatic heterocycles. The van der Waals surface area contributed by atoms with Crippen molar-refractivity contribution in [2.24, 2.45) is 23.2 Å². The third-order valence-electron chi connectivity index (χ3n) is 9.95. The van der Waals surface area contributed by atoms with E-state index in [2.05, 4.69) is 59.6 Å². The van der Waals surface area contributed by atoms with Gasteiger partial charge in [0.1, 0.15) is 0 Å². The molecule has 2 heterocycles. The van der Waals surface area contributed by atoms with E-state index in [-0.39, 0.29) is 11.9 Å². The van der Waals surface area contributed by atoms with Crippen molar-refractivity contribution in [3.05, 3.63) is 77.0 Å². The standard InChI is InChI=1S/C32H37N3O/c1-21(32-16-23-13-24(17-32)15-25(14-23)18-32)33-31(36)30-26-9-5-6-10-28(26)34-29-11-12-35(20-27(29)30)19-22-7-3-2-4-8-22/h2-10,21,23-25H,11-20H2,1H3,(H,33,36). The van der Waals surface area contributed by atoms with Gasteiger partial charge in [-0.1, -0.05) is 48.5 Å². The zero-order chi connectivity index (χ0) is 24.3. The highest BCUT2D eigenvalue weighted by atomic mass is 16.1. The van der Waals surface area contributed by atoms with Crippen LogP contribution in [0.15, 0.2) is 54.6 Å². The number of benzene rings is 2. The highest BCUT2D eigenvalue weighted by molar-refractivity contribution is 6.07. The number of pyridine rings is 1. The van der Waals surface area contributed by atoms with E-state index in [9.17, 15) is 4.79 Å². The summed E-state index contributed by atoms with van der Waals surface area (Å²) < 4.78 is 0. The summed E-state index contributed by atoms with van der Waals surface area (Å²) >= 11 is 0. The van der Waals surface area contributed by atoms with Gasteiger partial charge >= 0.3 is 0 Å². The lowest BCUT2D eigenvalue weighted by Gasteiger charge is -2.59. The smallest absolute Gasteiger partial charge is 0.252 e. The highest BCUT2D eigenvalue weighted by Gasteiger charge is 2.53. The van der Waals surface area contributed by atoms with Crippen molar-refractivity contribution in [3.8, 4) is 0 Å². The zero-order valence-corrected chi connectivity index (χ0v) is 21.4. The summed E-state index contributed by atoms with van der Waals surface area (Å²) in [7, 11) is 0. The second kappa shape index (κ2) is 8.69. The van der Waals surface area contributed by atoms with Crippen LogP contribution in [0.25, 0.3) is 10.9 Å². The zero-order valence-electron chi connectivity index (χ0n) is 21.4. The van der Waals surface area contributed by atoms with E-state index >= 15 is 0 Å². The van der Waals surface area contributed by atoms with Gasteiger partial charge in [-0.3, -0.25) is 14.7 Å². The van der Waals surface area contributed by atoms with Crippen molar-refractivity contribution in [1.82, 2.24) is 15.2 Å². The lowest BCUT2D eigenvalue weighted by molar-refractivity contribution is -0.0688. The summed E-state index contributed by atoms with van der Waals surface area (Å²) in [6.07, 6.45) is 9.10. The van der Waals surface area contributed by atoms with Crippen molar-refractivity contribution in [2.75, 3.05) is 6.54 Å². The van der Waals surface area contributed by atoms with E-state index in [1.165, 1.54) is 44.1 Å². The first-order chi connectivity index (χ1) is 17.6. The quantitative estimate of drug-likeness (QED) is 0.479. The number of nitrogens with one attached hydrogen (secondary N) is 1. The lowest BCUT2D eigenvalue weighted by atomic mass is 9.48. The van der Waals surface area contributed by atoms with Crippen molar-refractivity contribution in [3.63, 3.8) is 0 Å². The van der Waals surface area contributed by atoms with Crippen LogP contribution in [0, 0.1) is 23.2 Å². The molecule has 8 rings (SSSR count). The third-order valence-corrected chi connectivity index (χ3v) is 9.95. The minimum atomic E-state index is 0.106. The van der Waals surface area contributed by atoms with Gasteiger partial charge in [-0.15, -0.1) is 0 Å². The van der Waals surface area contributed by atoms with Gasteiger partial charge in [-0.05, 0) is 80.2 Å². The van der Waals surface area contributed by atoms with Crippen LogP contribution in [0.5, 0.6) is 0 Å². The SMILES string of the molecule is CC(NC(=O)c1c2c(nc3ccccc13)CCN(Cc1ccccc1)C2)C12CC3CC(CC(C3)C1)C2. The Labute approximate surface area is 214 Å². The Kier molecular flexibility index (Phi) is 5.43. The molecule has 1 N–H and O–H groups in total. The fourth-order valence-electron chi connectivity index (χ4n) is 8.61. The van der Waals surface area contributed by atoms with Gasteiger partial charge in [0.15, 0.2) is 0 Å². The normalized spacial score (nSPS) is 29.8. The maximum atomic E-state index is 14.1. The van der Waals surface area contributed by atoms with Crippen molar-refractivity contribution >= 4 is 16.8 Å². The number of amides is 1. The molecule has 4 heteroatoms. The Morgan fingerprint density at radius 2 is 1.67 bits per heavy atom. The molecule has 4 fully saturated rings. The minimum absolute atomic E-state index is 0.106. The van der Waals surface area contributed by atoms with Crippen molar-refractivity contribution < 1.29 is 4.79 Å². The Bertz CT molecular complexity index is 1260. The number of hydrogen-bond acceptors (Lipinski definition) is 3. The number of para-hydroxylation sites is 1. The lowest BCUT2D eigenvalue weighted by Crippen LogP contribution is -2.56. The molecule has 3 aromatic rings. The summed E-state index contributed by atoms with van der Waals surface area (Å²) in [6.45, 7) is 4.94. The monoisotopic (exact) mass is 479 g/mol. The van der Waals surface area contributed by atoms with Crippen LogP contribution in [-0.2, 0) is 19.5 Å². The summed E-state index contributed by atoms with van der Waals surface area (Å²) in [5, 5.41) is 4.57. The van der Waals surface area contributed by atoms with Crippen LogP contribution in [0.2, 0.25) is 0 Å². The van der Waals surface area contributed by atoms with Crippen LogP contribution in [0.1, 0.15) is 72.6 Å². The van der Waals surface area contributed by atoms with Gasteiger partial charge in [0, 0.05) is 48.7 Å². The first kappa shape index (κ1) is 22.5. The van der Waals surface area contributed by atoms with E-state index in [0.29, 0.717) is 5.41 Å². The molecule has 0 saturated heterocycles. The summed E-state index contributed by atoms with van der Waals surface area (Å²) in [5.74, 6) is 2.76. The van der Waals surface area contributed by atoms with E-state index in [4.69, 9.17) is 4.98 Å². The highest BCUT2D eigenvalue weighted by Crippen LogP contribution is 2.61. The molecule has 1 unspecified atom stereocenters. The van der Waals surface area contributed by atoms with Gasteiger partial charge in [0.05, 0.1) is 11.1 Å². The van der Waals surface area contributed by atoms with E-state index < -0.39 is 0 Å². The number of nitrogens with zero attached hydrogens (tertiary/aromatic N) is 2. The average molecular weight is 480 g/mol. The Morgan fingerprint density at radius 3 is 2.39 bits per heavy atom. The molecule has 1 aromatic heterocycles. The van der Waals surface area contributed by atoms with E-state index in [1.807, 2.05) is 12.1 Å². The molecule has 1 atom stereocenters. The number of rotatable bonds is 5. The summed E-state index contributed by atoms with van der Waals surface area (Å²) in [6, 6.07) is 19.1. The van der Waals surface area contributed by atoms with Gasteiger partial charge in [-0.25, -0.2) is 0 Å². The van der Waals surface area contributed by atoms with Gasteiger partial charge in [0.2, 0.25) is 0 Å². The average Bonchev–Trinajstić information content (AvgIpc) is 2.87. The molecule has 186 valence electrons. The van der Waals surface area contributed by atoms with Crippen LogP contribution in [0.4, 0.5) is 0 Å². The van der Waals surface area contributed by atoms with Gasteiger partial charge in [0.25, 0.3) is 5.91 Å². The predicted octanol–water partition coefficient (Wildman–Crippen LogP) is 6.13. The molecule has 0 radical (unpaired) electrons. The van der Waals surface area contributed by atoms with Crippen molar-refractivity contribution in [1.29, 1.82) is 0 Å². The first-order valence-corrected chi connectivity index (χ1v) is 14.0. The van der Waals surface area contributed by atoms with Crippen LogP contribution >= 0.6 is 0 Å². The molecule has 4 bridgehead atoms. The second-order valence-electron chi connectivity index (χ2n) is 12.4. The molecule has 2 aromatic carbocycles. The fraction of sp³-hybridized carbons (Fsp3) is 0.500. The molecule has 4 nitrogen and oxygen atoms in total. The molecule has 4 saturated carbocycles. The topological polar surface area (TPSA) is 45.2 Å².